The fraction of sp³-hybridized carbons (Fsp3) is 0.143. The zero-order valence-electron chi connectivity index (χ0n) is 14.7. The Morgan fingerprint density at radius 3 is 2.78 bits per heavy atom. The smallest absolute Gasteiger partial charge is 0.342 e. The van der Waals surface area contributed by atoms with Crippen molar-refractivity contribution in [1.82, 2.24) is 5.16 Å². The fourth-order valence-corrected chi connectivity index (χ4v) is 2.86. The Hall–Kier alpha value is -3.54. The lowest BCUT2D eigenvalue weighted by Gasteiger charge is -2.12. The first-order chi connectivity index (χ1) is 13.3. The Morgan fingerprint density at radius 1 is 1.07 bits per heavy atom. The Bertz CT molecular complexity index is 1070. The number of fused-ring (bicyclic) bond motifs is 1. The predicted octanol–water partition coefficient (Wildman–Crippen LogP) is 4.84. The van der Waals surface area contributed by atoms with Gasteiger partial charge in [-0.2, -0.15) is 0 Å². The number of esters is 1. The van der Waals surface area contributed by atoms with E-state index in [9.17, 15) is 4.79 Å². The Balaban J connectivity index is 1.57. The second kappa shape index (κ2) is 7.37. The van der Waals surface area contributed by atoms with Gasteiger partial charge in [0.25, 0.3) is 0 Å². The molecule has 4 aromatic rings. The van der Waals surface area contributed by atoms with Gasteiger partial charge in [-0.1, -0.05) is 35.5 Å². The van der Waals surface area contributed by atoms with E-state index in [1.165, 1.54) is 0 Å². The molecule has 2 aromatic heterocycles. The lowest BCUT2D eigenvalue weighted by molar-refractivity contribution is 0.0462. The summed E-state index contributed by atoms with van der Waals surface area (Å²) in [5, 5.41) is 5.64. The maximum atomic E-state index is 12.8. The molecule has 0 aliphatic heterocycles. The molecule has 0 fully saturated rings. The highest BCUT2D eigenvalue weighted by Gasteiger charge is 2.19. The lowest BCUT2D eigenvalue weighted by atomic mass is 10.0. The summed E-state index contributed by atoms with van der Waals surface area (Å²) < 4.78 is 21.6. The van der Waals surface area contributed by atoms with Crippen molar-refractivity contribution in [1.29, 1.82) is 0 Å². The van der Waals surface area contributed by atoms with Crippen LogP contribution in [0.2, 0.25) is 0 Å². The van der Waals surface area contributed by atoms with Gasteiger partial charge >= 0.3 is 5.97 Å². The molecular formula is C21H17NO5. The summed E-state index contributed by atoms with van der Waals surface area (Å²) in [5.74, 6) is 1.06. The fourth-order valence-electron chi connectivity index (χ4n) is 2.86. The number of benzene rings is 2. The molecular weight excluding hydrogens is 346 g/mol. The van der Waals surface area contributed by atoms with Gasteiger partial charge in [0, 0.05) is 6.07 Å². The van der Waals surface area contributed by atoms with Crippen molar-refractivity contribution < 1.29 is 23.2 Å². The molecule has 2 aromatic carbocycles. The highest BCUT2D eigenvalue weighted by molar-refractivity contribution is 6.07. The van der Waals surface area contributed by atoms with Gasteiger partial charge in [0.15, 0.2) is 5.76 Å². The molecule has 6 heteroatoms. The van der Waals surface area contributed by atoms with Crippen LogP contribution >= 0.6 is 0 Å². The van der Waals surface area contributed by atoms with E-state index in [2.05, 4.69) is 5.16 Å². The zero-order chi connectivity index (χ0) is 18.6. The lowest BCUT2D eigenvalue weighted by Crippen LogP contribution is -2.09. The maximum Gasteiger partial charge on any atom is 0.342 e. The number of rotatable bonds is 6. The number of hydrogen-bond donors (Lipinski definition) is 0. The van der Waals surface area contributed by atoms with Gasteiger partial charge in [0.05, 0.1) is 12.9 Å². The van der Waals surface area contributed by atoms with Crippen LogP contribution in [0.4, 0.5) is 0 Å². The van der Waals surface area contributed by atoms with E-state index in [-0.39, 0.29) is 6.61 Å². The van der Waals surface area contributed by atoms with Crippen LogP contribution in [-0.2, 0) is 11.3 Å². The number of carbonyl (C=O) groups is 1. The number of aromatic nitrogens is 1. The molecule has 0 saturated carbocycles. The van der Waals surface area contributed by atoms with E-state index in [0.717, 1.165) is 10.8 Å². The summed E-state index contributed by atoms with van der Waals surface area (Å²) >= 11 is 0. The van der Waals surface area contributed by atoms with Crippen molar-refractivity contribution in [2.75, 3.05) is 6.61 Å². The Morgan fingerprint density at radius 2 is 1.96 bits per heavy atom. The van der Waals surface area contributed by atoms with Gasteiger partial charge in [-0.25, -0.2) is 4.79 Å². The average Bonchev–Trinajstić information content (AvgIpc) is 3.38. The van der Waals surface area contributed by atoms with Crippen molar-refractivity contribution in [2.45, 2.75) is 13.5 Å². The maximum absolute atomic E-state index is 12.8. The van der Waals surface area contributed by atoms with E-state index < -0.39 is 5.97 Å². The summed E-state index contributed by atoms with van der Waals surface area (Å²) in [7, 11) is 0. The van der Waals surface area contributed by atoms with E-state index in [1.807, 2.05) is 37.3 Å². The summed E-state index contributed by atoms with van der Waals surface area (Å²) in [4.78, 5) is 12.8. The normalized spacial score (nSPS) is 10.9. The third kappa shape index (κ3) is 3.42. The number of ether oxygens (including phenoxy) is 2. The Kier molecular flexibility index (Phi) is 4.61. The summed E-state index contributed by atoms with van der Waals surface area (Å²) in [5.41, 5.74) is 0.901. The van der Waals surface area contributed by atoms with Crippen LogP contribution in [-0.4, -0.2) is 17.7 Å². The van der Waals surface area contributed by atoms with Crippen LogP contribution in [0.25, 0.3) is 22.3 Å². The summed E-state index contributed by atoms with van der Waals surface area (Å²) in [6.45, 7) is 2.31. The van der Waals surface area contributed by atoms with Crippen LogP contribution in [0.15, 0.2) is 69.8 Å². The van der Waals surface area contributed by atoms with Gasteiger partial charge < -0.3 is 18.4 Å². The van der Waals surface area contributed by atoms with Crippen LogP contribution in [0.1, 0.15) is 23.0 Å². The molecule has 0 unspecified atom stereocenters. The first-order valence-corrected chi connectivity index (χ1v) is 8.57. The third-order valence-corrected chi connectivity index (χ3v) is 4.07. The van der Waals surface area contributed by atoms with Crippen LogP contribution in [0, 0.1) is 0 Å². The van der Waals surface area contributed by atoms with Crippen molar-refractivity contribution in [3.63, 3.8) is 0 Å². The predicted molar refractivity (Wildman–Crippen MR) is 98.4 cm³/mol. The largest absolute Gasteiger partial charge is 0.493 e. The first-order valence-electron chi connectivity index (χ1n) is 8.57. The highest BCUT2D eigenvalue weighted by atomic mass is 16.5. The molecule has 0 amide bonds. The van der Waals surface area contributed by atoms with Crippen LogP contribution in [0.5, 0.6) is 5.75 Å². The SMILES string of the molecule is CCOc1ccc2ccccc2c1C(=O)OCc1cc(-c2ccco2)on1. The third-order valence-electron chi connectivity index (χ3n) is 4.07. The van der Waals surface area contributed by atoms with E-state index in [0.29, 0.717) is 35.1 Å². The molecule has 0 N–H and O–H groups in total. The van der Waals surface area contributed by atoms with Gasteiger partial charge in [0.1, 0.15) is 23.6 Å². The minimum absolute atomic E-state index is 0.0160. The molecule has 0 aliphatic rings. The monoisotopic (exact) mass is 363 g/mol. The van der Waals surface area contributed by atoms with E-state index in [1.54, 1.807) is 30.5 Å². The van der Waals surface area contributed by atoms with Crippen molar-refractivity contribution >= 4 is 16.7 Å². The zero-order valence-corrected chi connectivity index (χ0v) is 14.7. The number of hydrogen-bond acceptors (Lipinski definition) is 6. The molecule has 6 nitrogen and oxygen atoms in total. The molecule has 4 rings (SSSR count). The van der Waals surface area contributed by atoms with Crippen LogP contribution in [0.3, 0.4) is 0 Å². The molecule has 0 radical (unpaired) electrons. The molecule has 0 saturated heterocycles. The molecule has 0 aliphatic carbocycles. The molecule has 136 valence electrons. The average molecular weight is 363 g/mol. The van der Waals surface area contributed by atoms with E-state index in [4.69, 9.17) is 18.4 Å². The number of carbonyl (C=O) groups excluding carboxylic acids is 1. The molecule has 0 spiro atoms. The van der Waals surface area contributed by atoms with E-state index >= 15 is 0 Å². The van der Waals surface area contributed by atoms with Crippen molar-refractivity contribution in [3.8, 4) is 17.3 Å². The molecule has 0 atom stereocenters. The number of nitrogens with zero attached hydrogens (tertiary/aromatic N) is 1. The van der Waals surface area contributed by atoms with Gasteiger partial charge in [-0.3, -0.25) is 0 Å². The standard InChI is InChI=1S/C21H17NO5/c1-2-24-18-10-9-14-6-3-4-7-16(14)20(18)21(23)26-13-15-12-19(27-22-15)17-8-5-11-25-17/h3-12H,2,13H2,1H3. The van der Waals surface area contributed by atoms with Gasteiger partial charge in [-0.15, -0.1) is 0 Å². The summed E-state index contributed by atoms with van der Waals surface area (Å²) in [6, 6.07) is 16.5. The summed E-state index contributed by atoms with van der Waals surface area (Å²) in [6.07, 6.45) is 1.55. The van der Waals surface area contributed by atoms with Crippen LogP contribution < -0.4 is 4.74 Å². The quantitative estimate of drug-likeness (QED) is 0.456. The van der Waals surface area contributed by atoms with Gasteiger partial charge in [0.2, 0.25) is 5.76 Å². The van der Waals surface area contributed by atoms with Crippen molar-refractivity contribution in [3.05, 3.63) is 72.1 Å². The topological polar surface area (TPSA) is 74.7 Å². The molecule has 0 bridgehead atoms. The van der Waals surface area contributed by atoms with Gasteiger partial charge in [-0.05, 0) is 35.9 Å². The number of furan rings is 1. The first kappa shape index (κ1) is 16.9. The minimum Gasteiger partial charge on any atom is -0.493 e. The van der Waals surface area contributed by atoms with Crippen molar-refractivity contribution in [2.24, 2.45) is 0 Å². The minimum atomic E-state index is -0.474. The molecule has 27 heavy (non-hydrogen) atoms. The second-order valence-corrected chi connectivity index (χ2v) is 5.83. The molecule has 2 heterocycles. The highest BCUT2D eigenvalue weighted by Crippen LogP contribution is 2.29. The Labute approximate surface area is 155 Å². The second-order valence-electron chi connectivity index (χ2n) is 5.83.